The molecule has 1 aromatic rings. The number of hydrogen-bond acceptors (Lipinski definition) is 0. The Kier molecular flexibility index (Phi) is 4.85. The van der Waals surface area contributed by atoms with Gasteiger partial charge < -0.3 is 0 Å². The van der Waals surface area contributed by atoms with Crippen LogP contribution < -0.4 is 0 Å². The van der Waals surface area contributed by atoms with Gasteiger partial charge in [0.1, 0.15) is 0 Å². The van der Waals surface area contributed by atoms with E-state index in [1.807, 2.05) is 0 Å². The van der Waals surface area contributed by atoms with Crippen LogP contribution in [0.25, 0.3) is 6.08 Å². The smallest absolute Gasteiger partial charge is 0.00551 e. The number of fused-ring (bicyclic) bond motifs is 1. The average Bonchev–Trinajstić information content (AvgIpc) is 2.82. The fraction of sp³-hybridized carbons (Fsp3) is 0.579. The van der Waals surface area contributed by atoms with Gasteiger partial charge in [0, 0.05) is 0 Å². The van der Waals surface area contributed by atoms with Crippen molar-refractivity contribution >= 4 is 6.08 Å². The topological polar surface area (TPSA) is 0 Å². The lowest BCUT2D eigenvalue weighted by molar-refractivity contribution is 0.595. The van der Waals surface area contributed by atoms with Crippen LogP contribution in [-0.2, 0) is 6.42 Å². The average molecular weight is 256 g/mol. The third kappa shape index (κ3) is 3.29. The molecule has 2 rings (SSSR count). The Hall–Kier alpha value is -1.04. The molecule has 0 fully saturated rings. The summed E-state index contributed by atoms with van der Waals surface area (Å²) in [6.07, 6.45) is 8.79. The normalized spacial score (nSPS) is 16.9. The summed E-state index contributed by atoms with van der Waals surface area (Å²) in [6.45, 7) is 9.29. The highest BCUT2D eigenvalue weighted by atomic mass is 14.2. The van der Waals surface area contributed by atoms with Gasteiger partial charge in [0.2, 0.25) is 0 Å². The molecule has 0 saturated carbocycles. The van der Waals surface area contributed by atoms with Crippen LogP contribution in [0, 0.1) is 5.92 Å². The molecule has 0 spiro atoms. The Balaban J connectivity index is 2.12. The molecule has 0 amide bonds. The Morgan fingerprint density at radius 1 is 1.00 bits per heavy atom. The maximum Gasteiger partial charge on any atom is -0.00551 e. The molecule has 1 aliphatic carbocycles. The largest absolute Gasteiger partial charge is 0.0654 e. The highest BCUT2D eigenvalue weighted by Gasteiger charge is 2.18. The minimum absolute atomic E-state index is 0.701. The molecule has 0 heteroatoms. The number of allylic oxidation sites excluding steroid dienone is 1. The molecule has 0 bridgehead atoms. The highest BCUT2D eigenvalue weighted by Crippen LogP contribution is 2.33. The van der Waals surface area contributed by atoms with Crippen LogP contribution in [0.2, 0.25) is 0 Å². The van der Waals surface area contributed by atoms with Gasteiger partial charge in [0.05, 0.1) is 0 Å². The van der Waals surface area contributed by atoms with E-state index in [4.69, 9.17) is 0 Å². The van der Waals surface area contributed by atoms with Crippen molar-refractivity contribution in [2.75, 3.05) is 0 Å². The van der Waals surface area contributed by atoms with E-state index in [0.29, 0.717) is 5.92 Å². The van der Waals surface area contributed by atoms with Crippen molar-refractivity contribution in [2.24, 2.45) is 5.92 Å². The molecule has 19 heavy (non-hydrogen) atoms. The molecule has 0 radical (unpaired) electrons. The summed E-state index contributed by atoms with van der Waals surface area (Å²) in [4.78, 5) is 0. The van der Waals surface area contributed by atoms with Crippen LogP contribution >= 0.6 is 0 Å². The second kappa shape index (κ2) is 6.41. The minimum atomic E-state index is 0.701. The molecular formula is C19H28. The van der Waals surface area contributed by atoms with Crippen LogP contribution in [0.1, 0.15) is 76.0 Å². The van der Waals surface area contributed by atoms with Gasteiger partial charge in [-0.3, -0.25) is 0 Å². The van der Waals surface area contributed by atoms with Crippen LogP contribution in [0.15, 0.2) is 23.8 Å². The van der Waals surface area contributed by atoms with Crippen molar-refractivity contribution in [3.8, 4) is 0 Å². The third-order valence-electron chi connectivity index (χ3n) is 4.55. The van der Waals surface area contributed by atoms with Gasteiger partial charge in [-0.2, -0.15) is 0 Å². The Morgan fingerprint density at radius 2 is 1.68 bits per heavy atom. The van der Waals surface area contributed by atoms with E-state index >= 15 is 0 Å². The van der Waals surface area contributed by atoms with Gasteiger partial charge in [-0.15, -0.1) is 0 Å². The number of benzene rings is 1. The van der Waals surface area contributed by atoms with Crippen LogP contribution in [0.4, 0.5) is 0 Å². The van der Waals surface area contributed by atoms with Gasteiger partial charge in [0.15, 0.2) is 0 Å². The molecule has 2 atom stereocenters. The number of hydrogen-bond donors (Lipinski definition) is 0. The Bertz CT molecular complexity index is 453. The fourth-order valence-corrected chi connectivity index (χ4v) is 3.23. The van der Waals surface area contributed by atoms with Crippen molar-refractivity contribution < 1.29 is 0 Å². The van der Waals surface area contributed by atoms with Gasteiger partial charge in [0.25, 0.3) is 0 Å². The lowest BCUT2D eigenvalue weighted by Gasteiger charge is -2.13. The van der Waals surface area contributed by atoms with Gasteiger partial charge >= 0.3 is 0 Å². The summed E-state index contributed by atoms with van der Waals surface area (Å²) in [5.41, 5.74) is 6.18. The first-order chi connectivity index (χ1) is 9.15. The number of rotatable bonds is 6. The van der Waals surface area contributed by atoms with E-state index in [0.717, 1.165) is 5.92 Å². The van der Waals surface area contributed by atoms with Crippen LogP contribution in [0.5, 0.6) is 0 Å². The monoisotopic (exact) mass is 256 g/mol. The van der Waals surface area contributed by atoms with Crippen molar-refractivity contribution in [2.45, 2.75) is 65.7 Å². The first-order valence-electron chi connectivity index (χ1n) is 7.99. The molecule has 0 N–H and O–H groups in total. The predicted octanol–water partition coefficient (Wildman–Crippen LogP) is 5.97. The van der Waals surface area contributed by atoms with E-state index in [9.17, 15) is 0 Å². The lowest BCUT2D eigenvalue weighted by Crippen LogP contribution is -1.99. The van der Waals surface area contributed by atoms with E-state index in [1.165, 1.54) is 43.2 Å². The fourth-order valence-electron chi connectivity index (χ4n) is 3.23. The van der Waals surface area contributed by atoms with Gasteiger partial charge in [-0.25, -0.2) is 0 Å². The van der Waals surface area contributed by atoms with Crippen molar-refractivity contribution in [3.05, 3.63) is 40.5 Å². The summed E-state index contributed by atoms with van der Waals surface area (Å²) < 4.78 is 0. The third-order valence-corrected chi connectivity index (χ3v) is 4.55. The molecular weight excluding hydrogens is 228 g/mol. The van der Waals surface area contributed by atoms with Crippen LogP contribution in [-0.4, -0.2) is 0 Å². The summed E-state index contributed by atoms with van der Waals surface area (Å²) in [7, 11) is 0. The molecule has 0 aliphatic heterocycles. The summed E-state index contributed by atoms with van der Waals surface area (Å²) >= 11 is 0. The van der Waals surface area contributed by atoms with E-state index in [2.05, 4.69) is 52.0 Å². The quantitative estimate of drug-likeness (QED) is 0.588. The predicted molar refractivity (Wildman–Crippen MR) is 85.5 cm³/mol. The molecule has 0 aromatic heterocycles. The van der Waals surface area contributed by atoms with E-state index in [1.54, 1.807) is 11.1 Å². The highest BCUT2D eigenvalue weighted by molar-refractivity contribution is 5.64. The molecule has 1 aliphatic rings. The van der Waals surface area contributed by atoms with Crippen molar-refractivity contribution in [1.29, 1.82) is 0 Å². The second-order valence-corrected chi connectivity index (χ2v) is 6.23. The zero-order chi connectivity index (χ0) is 13.8. The molecule has 0 saturated heterocycles. The molecule has 0 heterocycles. The first kappa shape index (κ1) is 14.4. The second-order valence-electron chi connectivity index (χ2n) is 6.23. The SMILES string of the molecule is CCCC(C)C1=Cc2ccc(C(C)CCC)cc2C1. The van der Waals surface area contributed by atoms with E-state index in [-0.39, 0.29) is 0 Å². The van der Waals surface area contributed by atoms with Gasteiger partial charge in [-0.05, 0) is 47.8 Å². The first-order valence-corrected chi connectivity index (χ1v) is 7.99. The standard InChI is InChI=1S/C19H28/c1-5-7-14(3)16-9-10-17-12-18(13-19(17)11-16)15(4)8-6-2/h9-12,14-15H,5-8,13H2,1-4H3. The Morgan fingerprint density at radius 3 is 2.37 bits per heavy atom. The maximum atomic E-state index is 2.46. The maximum absolute atomic E-state index is 2.46. The van der Waals surface area contributed by atoms with Crippen LogP contribution in [0.3, 0.4) is 0 Å². The Labute approximate surface area is 118 Å². The molecule has 2 unspecified atom stereocenters. The minimum Gasteiger partial charge on any atom is -0.0654 e. The molecule has 104 valence electrons. The molecule has 1 aromatic carbocycles. The summed E-state index contributed by atoms with van der Waals surface area (Å²) in [5, 5.41) is 0. The van der Waals surface area contributed by atoms with Crippen molar-refractivity contribution in [3.63, 3.8) is 0 Å². The zero-order valence-electron chi connectivity index (χ0n) is 13.0. The van der Waals surface area contributed by atoms with E-state index < -0.39 is 0 Å². The zero-order valence-corrected chi connectivity index (χ0v) is 13.0. The summed E-state index contributed by atoms with van der Waals surface area (Å²) in [6, 6.07) is 7.13. The molecule has 0 nitrogen and oxygen atoms in total. The van der Waals surface area contributed by atoms with Gasteiger partial charge in [-0.1, -0.05) is 70.4 Å². The van der Waals surface area contributed by atoms with Crippen molar-refractivity contribution in [1.82, 2.24) is 0 Å². The lowest BCUT2D eigenvalue weighted by atomic mass is 9.92. The summed E-state index contributed by atoms with van der Waals surface area (Å²) in [5.74, 6) is 1.45.